The summed E-state index contributed by atoms with van der Waals surface area (Å²) in [4.78, 5) is 2.58. The lowest BCUT2D eigenvalue weighted by Gasteiger charge is -2.38. The summed E-state index contributed by atoms with van der Waals surface area (Å²) in [6.07, 6.45) is 1.31. The molecule has 5 heteroatoms. The van der Waals surface area contributed by atoms with Crippen molar-refractivity contribution in [2.24, 2.45) is 11.8 Å². The van der Waals surface area contributed by atoms with Crippen LogP contribution in [-0.2, 0) is 0 Å². The second-order valence-corrected chi connectivity index (χ2v) is 6.63. The molecule has 2 fully saturated rings. The Morgan fingerprint density at radius 3 is 2.70 bits per heavy atom. The van der Waals surface area contributed by atoms with Gasteiger partial charge in [0.05, 0.1) is 10.0 Å². The lowest BCUT2D eigenvalue weighted by atomic mass is 9.87. The van der Waals surface area contributed by atoms with Crippen LogP contribution in [0.4, 0.5) is 0 Å². The van der Waals surface area contributed by atoms with Crippen molar-refractivity contribution >= 4 is 35.6 Å². The summed E-state index contributed by atoms with van der Waals surface area (Å²) in [7, 11) is 0. The van der Waals surface area contributed by atoms with Crippen molar-refractivity contribution in [2.75, 3.05) is 26.2 Å². The SMILES string of the molecule is CC(c1ccc(Cl)c(Cl)c1)N1CCC2CNCC2C1.Cl. The minimum absolute atomic E-state index is 0. The van der Waals surface area contributed by atoms with E-state index in [1.165, 1.54) is 38.2 Å². The zero-order valence-corrected chi connectivity index (χ0v) is 13.9. The number of hydrogen-bond acceptors (Lipinski definition) is 2. The van der Waals surface area contributed by atoms with E-state index in [9.17, 15) is 0 Å². The van der Waals surface area contributed by atoms with E-state index in [-0.39, 0.29) is 12.4 Å². The van der Waals surface area contributed by atoms with Gasteiger partial charge in [-0.05, 0) is 62.5 Å². The summed E-state index contributed by atoms with van der Waals surface area (Å²) >= 11 is 12.1. The summed E-state index contributed by atoms with van der Waals surface area (Å²) < 4.78 is 0. The first kappa shape index (κ1) is 16.4. The van der Waals surface area contributed by atoms with Crippen LogP contribution in [0.2, 0.25) is 10.0 Å². The van der Waals surface area contributed by atoms with Gasteiger partial charge < -0.3 is 5.32 Å². The molecule has 20 heavy (non-hydrogen) atoms. The van der Waals surface area contributed by atoms with Crippen molar-refractivity contribution in [2.45, 2.75) is 19.4 Å². The summed E-state index contributed by atoms with van der Waals surface area (Å²) in [6, 6.07) is 6.42. The molecule has 3 rings (SSSR count). The van der Waals surface area contributed by atoms with Crippen molar-refractivity contribution in [1.82, 2.24) is 10.2 Å². The Hall–Kier alpha value is 0.01000. The van der Waals surface area contributed by atoms with E-state index in [0.717, 1.165) is 11.8 Å². The van der Waals surface area contributed by atoms with Crippen LogP contribution in [0.1, 0.15) is 24.9 Å². The first-order chi connectivity index (χ1) is 9.15. The van der Waals surface area contributed by atoms with Crippen molar-refractivity contribution in [3.05, 3.63) is 33.8 Å². The Morgan fingerprint density at radius 1 is 1.20 bits per heavy atom. The van der Waals surface area contributed by atoms with Crippen LogP contribution in [0.25, 0.3) is 0 Å². The molecular weight excluding hydrogens is 315 g/mol. The largest absolute Gasteiger partial charge is 0.316 e. The molecule has 3 unspecified atom stereocenters. The fourth-order valence-electron chi connectivity index (χ4n) is 3.40. The molecule has 0 amide bonds. The third-order valence-electron chi connectivity index (χ3n) is 4.71. The molecule has 0 spiro atoms. The molecule has 2 saturated heterocycles. The van der Waals surface area contributed by atoms with Gasteiger partial charge in [-0.25, -0.2) is 0 Å². The number of piperidine rings is 1. The zero-order valence-electron chi connectivity index (χ0n) is 11.6. The van der Waals surface area contributed by atoms with Gasteiger partial charge in [0.2, 0.25) is 0 Å². The van der Waals surface area contributed by atoms with Crippen molar-refractivity contribution in [1.29, 1.82) is 0 Å². The summed E-state index contributed by atoms with van der Waals surface area (Å²) in [5.41, 5.74) is 1.26. The van der Waals surface area contributed by atoms with Crippen LogP contribution in [0.5, 0.6) is 0 Å². The Kier molecular flexibility index (Phi) is 5.61. The molecule has 2 heterocycles. The summed E-state index contributed by atoms with van der Waals surface area (Å²) in [5, 5.41) is 4.81. The molecule has 0 bridgehead atoms. The molecule has 1 aromatic rings. The van der Waals surface area contributed by atoms with Crippen LogP contribution >= 0.6 is 35.6 Å². The molecule has 3 atom stereocenters. The topological polar surface area (TPSA) is 15.3 Å². The molecule has 1 aromatic carbocycles. The van der Waals surface area contributed by atoms with Gasteiger partial charge in [-0.15, -0.1) is 12.4 Å². The maximum atomic E-state index is 6.13. The minimum Gasteiger partial charge on any atom is -0.316 e. The maximum absolute atomic E-state index is 6.13. The highest BCUT2D eigenvalue weighted by Gasteiger charge is 2.34. The highest BCUT2D eigenvalue weighted by Crippen LogP contribution is 2.33. The second-order valence-electron chi connectivity index (χ2n) is 5.81. The minimum atomic E-state index is 0. The Balaban J connectivity index is 0.00000147. The zero-order chi connectivity index (χ0) is 13.4. The molecule has 0 radical (unpaired) electrons. The van der Waals surface area contributed by atoms with Crippen molar-refractivity contribution in [3.8, 4) is 0 Å². The average Bonchev–Trinajstić information content (AvgIpc) is 2.88. The number of nitrogens with one attached hydrogen (secondary N) is 1. The predicted octanol–water partition coefficient (Wildman–Crippen LogP) is 4.02. The van der Waals surface area contributed by atoms with Gasteiger partial charge in [0.15, 0.2) is 0 Å². The molecular formula is C15H21Cl3N2. The van der Waals surface area contributed by atoms with Crippen LogP contribution in [0.3, 0.4) is 0 Å². The first-order valence-electron chi connectivity index (χ1n) is 7.05. The third-order valence-corrected chi connectivity index (χ3v) is 5.45. The van der Waals surface area contributed by atoms with E-state index < -0.39 is 0 Å². The van der Waals surface area contributed by atoms with E-state index in [1.807, 2.05) is 12.1 Å². The molecule has 2 aliphatic heterocycles. The average molecular weight is 336 g/mol. The van der Waals surface area contributed by atoms with Gasteiger partial charge in [0.25, 0.3) is 0 Å². The van der Waals surface area contributed by atoms with Gasteiger partial charge in [-0.1, -0.05) is 29.3 Å². The maximum Gasteiger partial charge on any atom is 0.0595 e. The molecule has 0 aromatic heterocycles. The first-order valence-corrected chi connectivity index (χ1v) is 7.80. The summed E-state index contributed by atoms with van der Waals surface area (Å²) in [6.45, 7) is 7.03. The Labute approximate surface area is 137 Å². The van der Waals surface area contributed by atoms with Crippen LogP contribution in [0.15, 0.2) is 18.2 Å². The van der Waals surface area contributed by atoms with Crippen molar-refractivity contribution in [3.63, 3.8) is 0 Å². The number of likely N-dealkylation sites (tertiary alicyclic amines) is 1. The number of benzene rings is 1. The number of fused-ring (bicyclic) bond motifs is 1. The fraction of sp³-hybridized carbons (Fsp3) is 0.600. The lowest BCUT2D eigenvalue weighted by Crippen LogP contribution is -2.41. The number of hydrogen-bond donors (Lipinski definition) is 1. The smallest absolute Gasteiger partial charge is 0.0595 e. The molecule has 2 nitrogen and oxygen atoms in total. The quantitative estimate of drug-likeness (QED) is 0.878. The van der Waals surface area contributed by atoms with Crippen LogP contribution in [0, 0.1) is 11.8 Å². The monoisotopic (exact) mass is 334 g/mol. The number of nitrogens with zero attached hydrogens (tertiary/aromatic N) is 1. The van der Waals surface area contributed by atoms with E-state index in [2.05, 4.69) is 23.2 Å². The van der Waals surface area contributed by atoms with Crippen LogP contribution in [-0.4, -0.2) is 31.1 Å². The van der Waals surface area contributed by atoms with E-state index in [1.54, 1.807) is 0 Å². The Bertz CT molecular complexity index is 466. The van der Waals surface area contributed by atoms with Gasteiger partial charge in [0.1, 0.15) is 0 Å². The third kappa shape index (κ3) is 3.26. The van der Waals surface area contributed by atoms with Crippen molar-refractivity contribution < 1.29 is 0 Å². The molecule has 0 saturated carbocycles. The van der Waals surface area contributed by atoms with Gasteiger partial charge in [0, 0.05) is 12.6 Å². The number of halogens is 3. The molecule has 112 valence electrons. The fourth-order valence-corrected chi connectivity index (χ4v) is 3.70. The standard InChI is InChI=1S/C15H20Cl2N2.ClH/c1-10(11-2-3-14(16)15(17)6-11)19-5-4-12-7-18-8-13(12)9-19;/h2-3,6,10,12-13,18H,4-5,7-9H2,1H3;1H. The highest BCUT2D eigenvalue weighted by molar-refractivity contribution is 6.42. The Morgan fingerprint density at radius 2 is 1.95 bits per heavy atom. The summed E-state index contributed by atoms with van der Waals surface area (Å²) in [5.74, 6) is 1.70. The van der Waals surface area contributed by atoms with Gasteiger partial charge in [-0.3, -0.25) is 4.90 Å². The molecule has 0 aliphatic carbocycles. The van der Waals surface area contributed by atoms with E-state index in [0.29, 0.717) is 16.1 Å². The lowest BCUT2D eigenvalue weighted by molar-refractivity contribution is 0.111. The highest BCUT2D eigenvalue weighted by atomic mass is 35.5. The number of rotatable bonds is 2. The van der Waals surface area contributed by atoms with E-state index in [4.69, 9.17) is 23.2 Å². The molecule has 2 aliphatic rings. The molecule has 1 N–H and O–H groups in total. The normalized spacial score (nSPS) is 27.8. The predicted molar refractivity (Wildman–Crippen MR) is 88.2 cm³/mol. The van der Waals surface area contributed by atoms with Gasteiger partial charge >= 0.3 is 0 Å². The van der Waals surface area contributed by atoms with Crippen LogP contribution < -0.4 is 5.32 Å². The second kappa shape index (κ2) is 6.85. The van der Waals surface area contributed by atoms with Gasteiger partial charge in [-0.2, -0.15) is 0 Å². The van der Waals surface area contributed by atoms with E-state index >= 15 is 0 Å².